The summed E-state index contributed by atoms with van der Waals surface area (Å²) in [6.45, 7) is 1.57. The van der Waals surface area contributed by atoms with Crippen LogP contribution in [0, 0.1) is 11.6 Å². The van der Waals surface area contributed by atoms with Crippen molar-refractivity contribution in [1.82, 2.24) is 5.32 Å². The molecule has 0 aliphatic carbocycles. The Morgan fingerprint density at radius 1 is 1.39 bits per heavy atom. The Hall–Kier alpha value is -2.18. The number of anilines is 1. The van der Waals surface area contributed by atoms with E-state index in [1.54, 1.807) is 6.92 Å². The smallest absolute Gasteiger partial charge is 0.326 e. The number of carbonyl (C=O) groups excluding carboxylic acids is 1. The fraction of sp³-hybridized carbons (Fsp3) is 0.273. The van der Waals surface area contributed by atoms with Crippen molar-refractivity contribution < 1.29 is 23.5 Å². The maximum atomic E-state index is 13.2. The fourth-order valence-electron chi connectivity index (χ4n) is 1.25. The molecule has 7 heteroatoms. The third-order valence-corrected chi connectivity index (χ3v) is 2.19. The minimum absolute atomic E-state index is 0.175. The van der Waals surface area contributed by atoms with E-state index in [2.05, 4.69) is 5.32 Å². The Bertz CT molecular complexity index is 466. The lowest BCUT2D eigenvalue weighted by atomic mass is 10.2. The first-order valence-corrected chi connectivity index (χ1v) is 5.19. The predicted molar refractivity (Wildman–Crippen MR) is 60.2 cm³/mol. The Balaban J connectivity index is 2.70. The average Bonchev–Trinajstić information content (AvgIpc) is 2.30. The summed E-state index contributed by atoms with van der Waals surface area (Å²) in [5, 5.41) is 12.9. The van der Waals surface area contributed by atoms with Crippen molar-refractivity contribution in [2.24, 2.45) is 0 Å². The molecule has 0 aliphatic heterocycles. The molecule has 1 rings (SSSR count). The second-order valence-corrected chi connectivity index (χ2v) is 3.52. The molecule has 0 fully saturated rings. The Kier molecular flexibility index (Phi) is 4.59. The van der Waals surface area contributed by atoms with E-state index in [1.165, 1.54) is 0 Å². The predicted octanol–water partition coefficient (Wildman–Crippen LogP) is 1.95. The second kappa shape index (κ2) is 5.95. The number of urea groups is 1. The highest BCUT2D eigenvalue weighted by molar-refractivity contribution is 5.92. The van der Waals surface area contributed by atoms with Crippen LogP contribution >= 0.6 is 0 Å². The first kappa shape index (κ1) is 13.9. The number of nitrogens with one attached hydrogen (secondary N) is 2. The van der Waals surface area contributed by atoms with Gasteiger partial charge in [0.2, 0.25) is 0 Å². The Morgan fingerprint density at radius 2 is 2.06 bits per heavy atom. The topological polar surface area (TPSA) is 78.4 Å². The van der Waals surface area contributed by atoms with Crippen molar-refractivity contribution >= 4 is 17.7 Å². The van der Waals surface area contributed by atoms with E-state index in [0.717, 1.165) is 18.2 Å². The lowest BCUT2D eigenvalue weighted by Crippen LogP contribution is -2.42. The molecule has 1 atom stereocenters. The molecule has 0 saturated carbocycles. The summed E-state index contributed by atoms with van der Waals surface area (Å²) >= 11 is 0. The van der Waals surface area contributed by atoms with Crippen LogP contribution in [-0.2, 0) is 4.79 Å². The molecule has 0 aliphatic rings. The van der Waals surface area contributed by atoms with Gasteiger partial charge in [-0.05, 0) is 18.6 Å². The van der Waals surface area contributed by atoms with Gasteiger partial charge in [0.25, 0.3) is 0 Å². The Morgan fingerprint density at radius 3 is 2.61 bits per heavy atom. The van der Waals surface area contributed by atoms with Crippen LogP contribution in [0.2, 0.25) is 0 Å². The van der Waals surface area contributed by atoms with Gasteiger partial charge in [-0.15, -0.1) is 0 Å². The molecule has 0 heterocycles. The Labute approximate surface area is 102 Å². The van der Waals surface area contributed by atoms with Crippen LogP contribution in [0.5, 0.6) is 0 Å². The third kappa shape index (κ3) is 3.69. The molecule has 98 valence electrons. The van der Waals surface area contributed by atoms with Crippen LogP contribution in [-0.4, -0.2) is 23.1 Å². The third-order valence-electron chi connectivity index (χ3n) is 2.19. The van der Waals surface area contributed by atoms with E-state index in [-0.39, 0.29) is 12.1 Å². The molecular formula is C11H12F2N2O3. The lowest BCUT2D eigenvalue weighted by molar-refractivity contribution is -0.139. The molecule has 18 heavy (non-hydrogen) atoms. The lowest BCUT2D eigenvalue weighted by Gasteiger charge is -2.13. The fourth-order valence-corrected chi connectivity index (χ4v) is 1.25. The van der Waals surface area contributed by atoms with Crippen LogP contribution in [0.1, 0.15) is 13.3 Å². The van der Waals surface area contributed by atoms with Crippen LogP contribution in [0.4, 0.5) is 19.3 Å². The summed E-state index contributed by atoms with van der Waals surface area (Å²) in [6.07, 6.45) is 0.175. The van der Waals surface area contributed by atoms with Crippen molar-refractivity contribution in [2.75, 3.05) is 5.32 Å². The van der Waals surface area contributed by atoms with Crippen molar-refractivity contribution in [3.05, 3.63) is 29.8 Å². The molecule has 3 N–H and O–H groups in total. The van der Waals surface area contributed by atoms with E-state index < -0.39 is 29.7 Å². The van der Waals surface area contributed by atoms with E-state index in [1.807, 2.05) is 5.32 Å². The van der Waals surface area contributed by atoms with Gasteiger partial charge in [-0.3, -0.25) is 0 Å². The van der Waals surface area contributed by atoms with E-state index in [0.29, 0.717) is 0 Å². The van der Waals surface area contributed by atoms with E-state index in [9.17, 15) is 18.4 Å². The minimum Gasteiger partial charge on any atom is -0.480 e. The van der Waals surface area contributed by atoms with Gasteiger partial charge in [-0.1, -0.05) is 6.92 Å². The number of halogens is 2. The van der Waals surface area contributed by atoms with E-state index >= 15 is 0 Å². The summed E-state index contributed by atoms with van der Waals surface area (Å²) in [6, 6.07) is 0.580. The number of rotatable bonds is 4. The number of carboxylic acid groups (broad SMARTS) is 1. The first-order chi connectivity index (χ1) is 8.43. The SMILES string of the molecule is CC[C@@H](NC(=O)Nc1cc(F)ccc1F)C(=O)O. The zero-order valence-electron chi connectivity index (χ0n) is 9.54. The molecular weight excluding hydrogens is 246 g/mol. The maximum Gasteiger partial charge on any atom is 0.326 e. The summed E-state index contributed by atoms with van der Waals surface area (Å²) in [5.41, 5.74) is -0.354. The van der Waals surface area contributed by atoms with Crippen LogP contribution < -0.4 is 10.6 Å². The zero-order valence-corrected chi connectivity index (χ0v) is 9.54. The largest absolute Gasteiger partial charge is 0.480 e. The number of aliphatic carboxylic acids is 1. The molecule has 5 nitrogen and oxygen atoms in total. The molecule has 0 bridgehead atoms. The normalized spacial score (nSPS) is 11.7. The van der Waals surface area contributed by atoms with Gasteiger partial charge in [0, 0.05) is 6.07 Å². The van der Waals surface area contributed by atoms with Crippen LogP contribution in [0.25, 0.3) is 0 Å². The highest BCUT2D eigenvalue weighted by Gasteiger charge is 2.18. The van der Waals surface area contributed by atoms with Gasteiger partial charge >= 0.3 is 12.0 Å². The second-order valence-electron chi connectivity index (χ2n) is 3.52. The number of benzene rings is 1. The number of carbonyl (C=O) groups is 2. The average molecular weight is 258 g/mol. The van der Waals surface area contributed by atoms with Crippen LogP contribution in [0.3, 0.4) is 0 Å². The molecule has 1 aromatic carbocycles. The summed E-state index contributed by atoms with van der Waals surface area (Å²) in [4.78, 5) is 22.0. The number of hydrogen-bond acceptors (Lipinski definition) is 2. The van der Waals surface area contributed by atoms with Gasteiger partial charge in [0.15, 0.2) is 0 Å². The van der Waals surface area contributed by atoms with Crippen molar-refractivity contribution in [1.29, 1.82) is 0 Å². The summed E-state index contributed by atoms with van der Waals surface area (Å²) < 4.78 is 26.0. The minimum atomic E-state index is -1.20. The van der Waals surface area contributed by atoms with Crippen molar-refractivity contribution in [2.45, 2.75) is 19.4 Å². The van der Waals surface area contributed by atoms with Gasteiger partial charge in [-0.2, -0.15) is 0 Å². The standard InChI is InChI=1S/C11H12F2N2O3/c1-2-8(10(16)17)14-11(18)15-9-5-6(12)3-4-7(9)13/h3-5,8H,2H2,1H3,(H,16,17)(H2,14,15,18)/t8-/m1/s1. The number of carboxylic acids is 1. The van der Waals surface area contributed by atoms with Gasteiger partial charge in [0.1, 0.15) is 17.7 Å². The molecule has 0 aromatic heterocycles. The number of amides is 2. The van der Waals surface area contributed by atoms with Gasteiger partial charge < -0.3 is 15.7 Å². The number of hydrogen-bond donors (Lipinski definition) is 3. The maximum absolute atomic E-state index is 13.2. The quantitative estimate of drug-likeness (QED) is 0.772. The van der Waals surface area contributed by atoms with Gasteiger partial charge in [0.05, 0.1) is 5.69 Å². The molecule has 0 radical (unpaired) electrons. The zero-order chi connectivity index (χ0) is 13.7. The highest BCUT2D eigenvalue weighted by atomic mass is 19.1. The van der Waals surface area contributed by atoms with Crippen molar-refractivity contribution in [3.8, 4) is 0 Å². The molecule has 0 unspecified atom stereocenters. The first-order valence-electron chi connectivity index (χ1n) is 5.19. The monoisotopic (exact) mass is 258 g/mol. The summed E-state index contributed by atoms with van der Waals surface area (Å²) in [7, 11) is 0. The van der Waals surface area contributed by atoms with Gasteiger partial charge in [-0.25, -0.2) is 18.4 Å². The molecule has 0 spiro atoms. The molecule has 0 saturated heterocycles. The van der Waals surface area contributed by atoms with Crippen LogP contribution in [0.15, 0.2) is 18.2 Å². The van der Waals surface area contributed by atoms with E-state index in [4.69, 9.17) is 5.11 Å². The highest BCUT2D eigenvalue weighted by Crippen LogP contribution is 2.14. The van der Waals surface area contributed by atoms with Crippen molar-refractivity contribution in [3.63, 3.8) is 0 Å². The molecule has 2 amide bonds. The summed E-state index contributed by atoms with van der Waals surface area (Å²) in [5.74, 6) is -2.72. The molecule has 1 aromatic rings.